The van der Waals surface area contributed by atoms with Gasteiger partial charge in [-0.25, -0.2) is 4.79 Å². The van der Waals surface area contributed by atoms with Crippen molar-refractivity contribution in [3.63, 3.8) is 0 Å². The monoisotopic (exact) mass is 408 g/mol. The Hall–Kier alpha value is -2.09. The van der Waals surface area contributed by atoms with Gasteiger partial charge >= 0.3 is 5.63 Å². The summed E-state index contributed by atoms with van der Waals surface area (Å²) in [6.07, 6.45) is -0.0543. The highest BCUT2D eigenvalue weighted by atomic mass is 35.5. The molecular weight excluding hydrogens is 384 g/mol. The molecule has 1 fully saturated rings. The van der Waals surface area contributed by atoms with Crippen molar-refractivity contribution in [3.05, 3.63) is 39.2 Å². The summed E-state index contributed by atoms with van der Waals surface area (Å²) in [7, 11) is 0. The highest BCUT2D eigenvalue weighted by Gasteiger charge is 2.18. The summed E-state index contributed by atoms with van der Waals surface area (Å²) in [5.74, 6) is 0.0783. The van der Waals surface area contributed by atoms with E-state index in [0.29, 0.717) is 29.3 Å². The molecule has 2 aromatic rings. The average molecular weight is 409 g/mol. The van der Waals surface area contributed by atoms with E-state index in [2.05, 4.69) is 10.2 Å². The van der Waals surface area contributed by atoms with Crippen LogP contribution in [0.25, 0.3) is 11.0 Å². The molecule has 0 aliphatic carbocycles. The van der Waals surface area contributed by atoms with Crippen molar-refractivity contribution >= 4 is 28.5 Å². The summed E-state index contributed by atoms with van der Waals surface area (Å²) < 4.78 is 16.3. The molecule has 28 heavy (non-hydrogen) atoms. The zero-order valence-electron chi connectivity index (χ0n) is 16.1. The van der Waals surface area contributed by atoms with Gasteiger partial charge in [0.15, 0.2) is 6.10 Å². The minimum Gasteiger partial charge on any atom is -0.479 e. The Morgan fingerprint density at radius 2 is 2.07 bits per heavy atom. The summed E-state index contributed by atoms with van der Waals surface area (Å²) in [5.41, 5.74) is 0.823. The number of hydrogen-bond acceptors (Lipinski definition) is 6. The fourth-order valence-electron chi connectivity index (χ4n) is 3.16. The van der Waals surface area contributed by atoms with Crippen molar-refractivity contribution in [2.45, 2.75) is 26.4 Å². The second-order valence-corrected chi connectivity index (χ2v) is 7.14. The quantitative estimate of drug-likeness (QED) is 0.707. The number of fused-ring (bicyclic) bond motifs is 1. The van der Waals surface area contributed by atoms with Crippen LogP contribution >= 0.6 is 11.6 Å². The highest BCUT2D eigenvalue weighted by molar-refractivity contribution is 6.32. The molecular formula is C20H25ClN2O5. The van der Waals surface area contributed by atoms with E-state index in [4.69, 9.17) is 25.5 Å². The molecule has 1 saturated heterocycles. The number of nitrogens with one attached hydrogen (secondary N) is 1. The number of carbonyl (C=O) groups excluding carboxylic acids is 1. The van der Waals surface area contributed by atoms with Crippen molar-refractivity contribution < 1.29 is 18.7 Å². The number of amides is 1. The fraction of sp³-hybridized carbons (Fsp3) is 0.500. The number of ether oxygens (including phenoxy) is 2. The molecule has 3 rings (SSSR count). The number of hydrogen-bond donors (Lipinski definition) is 1. The minimum absolute atomic E-state index is 0.229. The lowest BCUT2D eigenvalue weighted by atomic mass is 10.1. The number of aryl methyl sites for hydroxylation is 1. The summed E-state index contributed by atoms with van der Waals surface area (Å²) in [5, 5.41) is 4.00. The second-order valence-electron chi connectivity index (χ2n) is 6.73. The van der Waals surface area contributed by atoms with Crippen LogP contribution in [0.5, 0.6) is 5.75 Å². The Morgan fingerprint density at radius 3 is 2.79 bits per heavy atom. The molecule has 1 N–H and O–H groups in total. The first kappa shape index (κ1) is 20.6. The molecule has 0 bridgehead atoms. The molecule has 1 aliphatic rings. The lowest BCUT2D eigenvalue weighted by Crippen LogP contribution is -2.43. The first-order valence-corrected chi connectivity index (χ1v) is 9.86. The van der Waals surface area contributed by atoms with E-state index in [1.807, 2.05) is 6.92 Å². The van der Waals surface area contributed by atoms with E-state index >= 15 is 0 Å². The predicted octanol–water partition coefficient (Wildman–Crippen LogP) is 2.22. The number of carbonyl (C=O) groups is 1. The zero-order chi connectivity index (χ0) is 20.1. The molecule has 152 valence electrons. The third-order valence-electron chi connectivity index (χ3n) is 4.77. The highest BCUT2D eigenvalue weighted by Crippen LogP contribution is 2.32. The van der Waals surface area contributed by atoms with Crippen molar-refractivity contribution in [3.8, 4) is 5.75 Å². The van der Waals surface area contributed by atoms with Gasteiger partial charge in [-0.15, -0.1) is 0 Å². The van der Waals surface area contributed by atoms with Crippen LogP contribution in [-0.2, 0) is 16.0 Å². The molecule has 0 radical (unpaired) electrons. The maximum absolute atomic E-state index is 12.3. The van der Waals surface area contributed by atoms with E-state index < -0.39 is 11.7 Å². The van der Waals surface area contributed by atoms with Gasteiger partial charge in [0.2, 0.25) is 0 Å². The number of nitrogens with zero attached hydrogens (tertiary/aromatic N) is 1. The maximum Gasteiger partial charge on any atom is 0.336 e. The van der Waals surface area contributed by atoms with E-state index in [1.54, 1.807) is 19.1 Å². The molecule has 0 saturated carbocycles. The maximum atomic E-state index is 12.3. The van der Waals surface area contributed by atoms with E-state index in [0.717, 1.165) is 43.8 Å². The summed E-state index contributed by atoms with van der Waals surface area (Å²) >= 11 is 6.33. The van der Waals surface area contributed by atoms with Crippen molar-refractivity contribution in [1.29, 1.82) is 0 Å². The topological polar surface area (TPSA) is 81.0 Å². The lowest BCUT2D eigenvalue weighted by molar-refractivity contribution is -0.127. The van der Waals surface area contributed by atoms with Gasteiger partial charge in [-0.2, -0.15) is 0 Å². The standard InChI is InChI=1S/C20H25ClN2O5/c1-3-14-10-19(24)28-17-12-18(16(21)11-15(14)17)27-13(2)20(25)22-4-5-23-6-8-26-9-7-23/h10-13H,3-9H2,1-2H3,(H,22,25). The van der Waals surface area contributed by atoms with Gasteiger partial charge in [0, 0.05) is 43.7 Å². The minimum atomic E-state index is -0.735. The third-order valence-corrected chi connectivity index (χ3v) is 5.06. The SMILES string of the molecule is CCc1cc(=O)oc2cc(OC(C)C(=O)NCCN3CCOCC3)c(Cl)cc12. The third kappa shape index (κ3) is 5.04. The van der Waals surface area contributed by atoms with Gasteiger partial charge in [-0.05, 0) is 25.0 Å². The van der Waals surface area contributed by atoms with Crippen LogP contribution in [0.1, 0.15) is 19.4 Å². The molecule has 1 aromatic carbocycles. The van der Waals surface area contributed by atoms with Gasteiger partial charge < -0.3 is 19.2 Å². The zero-order valence-corrected chi connectivity index (χ0v) is 16.9. The van der Waals surface area contributed by atoms with Crippen molar-refractivity contribution in [2.24, 2.45) is 0 Å². The first-order valence-electron chi connectivity index (χ1n) is 9.48. The van der Waals surface area contributed by atoms with Crippen LogP contribution in [-0.4, -0.2) is 56.3 Å². The Balaban J connectivity index is 1.63. The van der Waals surface area contributed by atoms with Crippen molar-refractivity contribution in [1.82, 2.24) is 10.2 Å². The van der Waals surface area contributed by atoms with Crippen LogP contribution in [0.3, 0.4) is 0 Å². The molecule has 7 nitrogen and oxygen atoms in total. The number of halogens is 1. The Kier molecular flexibility index (Phi) is 6.93. The molecule has 0 spiro atoms. The van der Waals surface area contributed by atoms with Crippen LogP contribution in [0, 0.1) is 0 Å². The van der Waals surface area contributed by atoms with Gasteiger partial charge in [-0.1, -0.05) is 18.5 Å². The Labute approximate surface area is 168 Å². The van der Waals surface area contributed by atoms with Crippen molar-refractivity contribution in [2.75, 3.05) is 39.4 Å². The molecule has 1 aromatic heterocycles. The second kappa shape index (κ2) is 9.41. The molecule has 1 unspecified atom stereocenters. The summed E-state index contributed by atoms with van der Waals surface area (Å²) in [6, 6.07) is 4.73. The fourth-order valence-corrected chi connectivity index (χ4v) is 3.37. The predicted molar refractivity (Wildman–Crippen MR) is 107 cm³/mol. The largest absolute Gasteiger partial charge is 0.479 e. The molecule has 1 atom stereocenters. The summed E-state index contributed by atoms with van der Waals surface area (Å²) in [4.78, 5) is 26.3. The van der Waals surface area contributed by atoms with E-state index in [-0.39, 0.29) is 5.91 Å². The smallest absolute Gasteiger partial charge is 0.336 e. The average Bonchev–Trinajstić information content (AvgIpc) is 2.69. The van der Waals surface area contributed by atoms with Crippen LogP contribution in [0.15, 0.2) is 27.4 Å². The van der Waals surface area contributed by atoms with Crippen LogP contribution in [0.2, 0.25) is 5.02 Å². The van der Waals surface area contributed by atoms with Gasteiger partial charge in [0.1, 0.15) is 11.3 Å². The molecule has 8 heteroatoms. The van der Waals surface area contributed by atoms with Gasteiger partial charge in [-0.3, -0.25) is 9.69 Å². The number of benzene rings is 1. The Morgan fingerprint density at radius 1 is 1.32 bits per heavy atom. The normalized spacial score (nSPS) is 16.1. The Bertz CT molecular complexity index is 892. The molecule has 1 amide bonds. The van der Waals surface area contributed by atoms with E-state index in [9.17, 15) is 9.59 Å². The summed E-state index contributed by atoms with van der Waals surface area (Å²) in [6.45, 7) is 8.11. The number of rotatable bonds is 7. The van der Waals surface area contributed by atoms with Crippen LogP contribution < -0.4 is 15.7 Å². The number of morpholine rings is 1. The molecule has 2 heterocycles. The first-order chi connectivity index (χ1) is 13.5. The van der Waals surface area contributed by atoms with Crippen LogP contribution in [0.4, 0.5) is 0 Å². The van der Waals surface area contributed by atoms with Gasteiger partial charge in [0.05, 0.1) is 18.2 Å². The lowest BCUT2D eigenvalue weighted by Gasteiger charge is -2.26. The molecule has 1 aliphatic heterocycles. The van der Waals surface area contributed by atoms with E-state index in [1.165, 1.54) is 6.07 Å². The van der Waals surface area contributed by atoms with Gasteiger partial charge in [0.25, 0.3) is 5.91 Å².